The zero-order valence-electron chi connectivity index (χ0n) is 12.2. The minimum absolute atomic E-state index is 0.00891. The first-order valence-corrected chi connectivity index (χ1v) is 7.39. The Morgan fingerprint density at radius 1 is 1.43 bits per heavy atom. The van der Waals surface area contributed by atoms with E-state index in [0.717, 1.165) is 18.6 Å². The molecule has 0 radical (unpaired) electrons. The fraction of sp³-hybridized carbons (Fsp3) is 0.471. The van der Waals surface area contributed by atoms with E-state index in [4.69, 9.17) is 9.47 Å². The molecular weight excluding hydrogens is 266 g/mol. The smallest absolute Gasteiger partial charge is 0.217 e. The molecule has 1 amide bonds. The summed E-state index contributed by atoms with van der Waals surface area (Å²) in [5.74, 6) is 0.246. The minimum atomic E-state index is -0.0876. The Balaban J connectivity index is 1.56. The van der Waals surface area contributed by atoms with E-state index in [1.54, 1.807) is 6.92 Å². The largest absolute Gasteiger partial charge is 0.376 e. The number of hydrogen-bond donors (Lipinski definition) is 1. The molecule has 112 valence electrons. The van der Waals surface area contributed by atoms with Crippen molar-refractivity contribution >= 4 is 5.91 Å². The summed E-state index contributed by atoms with van der Waals surface area (Å²) in [5.41, 5.74) is 1.08. The Kier molecular flexibility index (Phi) is 4.08. The molecule has 2 aliphatic rings. The van der Waals surface area contributed by atoms with Crippen LogP contribution in [0.1, 0.15) is 18.9 Å². The molecule has 1 heterocycles. The van der Waals surface area contributed by atoms with Crippen molar-refractivity contribution in [3.05, 3.63) is 48.0 Å². The molecule has 4 nitrogen and oxygen atoms in total. The fourth-order valence-corrected chi connectivity index (χ4v) is 2.85. The standard InChI is InChI=1S/C17H21NO3/c1-13(19)18-16-7-8-17(12-21-17)9-15(16)11-20-10-14-5-3-2-4-6-14/h2-8,15-16H,9-12H2,1H3,(H,18,19)/t15-,16+,17?/m0/s1. The lowest BCUT2D eigenvalue weighted by atomic mass is 9.83. The zero-order chi connectivity index (χ0) is 14.7. The van der Waals surface area contributed by atoms with E-state index in [-0.39, 0.29) is 23.5 Å². The maximum absolute atomic E-state index is 11.3. The third kappa shape index (κ3) is 3.71. The maximum Gasteiger partial charge on any atom is 0.217 e. The lowest BCUT2D eigenvalue weighted by Gasteiger charge is -2.30. The second kappa shape index (κ2) is 6.00. The van der Waals surface area contributed by atoms with Crippen LogP contribution in [0, 0.1) is 5.92 Å². The molecule has 21 heavy (non-hydrogen) atoms. The normalized spacial score (nSPS) is 30.3. The van der Waals surface area contributed by atoms with Crippen LogP contribution in [0.5, 0.6) is 0 Å². The van der Waals surface area contributed by atoms with Crippen LogP contribution in [0.15, 0.2) is 42.5 Å². The van der Waals surface area contributed by atoms with E-state index in [0.29, 0.717) is 13.2 Å². The highest BCUT2D eigenvalue weighted by Gasteiger charge is 2.47. The highest BCUT2D eigenvalue weighted by molar-refractivity contribution is 5.73. The van der Waals surface area contributed by atoms with Crippen LogP contribution in [-0.4, -0.2) is 30.8 Å². The van der Waals surface area contributed by atoms with Gasteiger partial charge in [0.15, 0.2) is 0 Å². The number of nitrogens with one attached hydrogen (secondary N) is 1. The van der Waals surface area contributed by atoms with Crippen molar-refractivity contribution in [2.75, 3.05) is 13.2 Å². The molecule has 1 aliphatic carbocycles. The Hall–Kier alpha value is -1.65. The van der Waals surface area contributed by atoms with Crippen molar-refractivity contribution < 1.29 is 14.3 Å². The Labute approximate surface area is 125 Å². The monoisotopic (exact) mass is 287 g/mol. The number of carbonyl (C=O) groups is 1. The van der Waals surface area contributed by atoms with Gasteiger partial charge in [-0.3, -0.25) is 4.79 Å². The van der Waals surface area contributed by atoms with Crippen molar-refractivity contribution in [3.63, 3.8) is 0 Å². The number of carbonyl (C=O) groups excluding carboxylic acids is 1. The molecule has 1 spiro atoms. The molecular formula is C17H21NO3. The van der Waals surface area contributed by atoms with Crippen molar-refractivity contribution in [2.24, 2.45) is 5.92 Å². The SMILES string of the molecule is CC(=O)N[C@@H]1C=CC2(CO2)C[C@H]1COCc1ccccc1. The van der Waals surface area contributed by atoms with Gasteiger partial charge in [-0.2, -0.15) is 0 Å². The molecule has 1 aliphatic heterocycles. The van der Waals surface area contributed by atoms with E-state index in [1.807, 2.05) is 18.2 Å². The van der Waals surface area contributed by atoms with Crippen LogP contribution in [0.25, 0.3) is 0 Å². The number of benzene rings is 1. The molecule has 3 atom stereocenters. The first kappa shape index (κ1) is 14.3. The highest BCUT2D eigenvalue weighted by atomic mass is 16.6. The lowest BCUT2D eigenvalue weighted by molar-refractivity contribution is -0.120. The van der Waals surface area contributed by atoms with Crippen LogP contribution in [-0.2, 0) is 20.9 Å². The predicted molar refractivity (Wildman–Crippen MR) is 79.6 cm³/mol. The van der Waals surface area contributed by atoms with Gasteiger partial charge in [-0.05, 0) is 12.0 Å². The summed E-state index contributed by atoms with van der Waals surface area (Å²) in [6, 6.07) is 10.2. The van der Waals surface area contributed by atoms with Gasteiger partial charge in [-0.15, -0.1) is 0 Å². The van der Waals surface area contributed by atoms with Gasteiger partial charge in [0.05, 0.1) is 25.9 Å². The summed E-state index contributed by atoms with van der Waals surface area (Å²) in [6.45, 7) is 3.55. The van der Waals surface area contributed by atoms with Crippen molar-refractivity contribution in [1.29, 1.82) is 0 Å². The van der Waals surface area contributed by atoms with Gasteiger partial charge in [0, 0.05) is 12.8 Å². The minimum Gasteiger partial charge on any atom is -0.376 e. The maximum atomic E-state index is 11.3. The average molecular weight is 287 g/mol. The van der Waals surface area contributed by atoms with Gasteiger partial charge >= 0.3 is 0 Å². The van der Waals surface area contributed by atoms with Gasteiger partial charge in [0.25, 0.3) is 0 Å². The number of epoxide rings is 1. The quantitative estimate of drug-likeness (QED) is 0.666. The first-order valence-electron chi connectivity index (χ1n) is 7.39. The second-order valence-corrected chi connectivity index (χ2v) is 5.90. The first-order chi connectivity index (χ1) is 10.2. The predicted octanol–water partition coefficient (Wildman–Crippen LogP) is 2.05. The molecule has 4 heteroatoms. The van der Waals surface area contributed by atoms with Crippen LogP contribution < -0.4 is 5.32 Å². The molecule has 1 N–H and O–H groups in total. The molecule has 1 aromatic carbocycles. The van der Waals surface area contributed by atoms with Crippen LogP contribution in [0.4, 0.5) is 0 Å². The van der Waals surface area contributed by atoms with Crippen LogP contribution in [0.2, 0.25) is 0 Å². The molecule has 0 saturated carbocycles. The lowest BCUT2D eigenvalue weighted by Crippen LogP contribution is -2.43. The zero-order valence-corrected chi connectivity index (χ0v) is 12.2. The van der Waals surface area contributed by atoms with Gasteiger partial charge < -0.3 is 14.8 Å². The molecule has 1 saturated heterocycles. The summed E-state index contributed by atoms with van der Waals surface area (Å²) in [6.07, 6.45) is 5.04. The summed E-state index contributed by atoms with van der Waals surface area (Å²) in [5, 5.41) is 2.98. The highest BCUT2D eigenvalue weighted by Crippen LogP contribution is 2.40. The molecule has 0 bridgehead atoms. The molecule has 3 rings (SSSR count). The van der Waals surface area contributed by atoms with Crippen LogP contribution in [0.3, 0.4) is 0 Å². The van der Waals surface area contributed by atoms with Crippen LogP contribution >= 0.6 is 0 Å². The number of hydrogen-bond acceptors (Lipinski definition) is 3. The summed E-state index contributed by atoms with van der Waals surface area (Å²) < 4.78 is 11.4. The number of ether oxygens (including phenoxy) is 2. The van der Waals surface area contributed by atoms with E-state index in [1.165, 1.54) is 0 Å². The van der Waals surface area contributed by atoms with Gasteiger partial charge in [0.1, 0.15) is 5.60 Å². The second-order valence-electron chi connectivity index (χ2n) is 5.90. The average Bonchev–Trinajstić information content (AvgIpc) is 3.22. The molecule has 0 aromatic heterocycles. The fourth-order valence-electron chi connectivity index (χ4n) is 2.85. The number of amides is 1. The third-order valence-corrected chi connectivity index (χ3v) is 4.05. The summed E-state index contributed by atoms with van der Waals surface area (Å²) in [4.78, 5) is 11.3. The molecule has 1 fully saturated rings. The van der Waals surface area contributed by atoms with Crippen molar-refractivity contribution in [1.82, 2.24) is 5.32 Å². The third-order valence-electron chi connectivity index (χ3n) is 4.05. The van der Waals surface area contributed by atoms with Crippen molar-refractivity contribution in [2.45, 2.75) is 31.6 Å². The summed E-state index contributed by atoms with van der Waals surface area (Å²) in [7, 11) is 0. The van der Waals surface area contributed by atoms with E-state index >= 15 is 0 Å². The van der Waals surface area contributed by atoms with Gasteiger partial charge in [-0.25, -0.2) is 0 Å². The van der Waals surface area contributed by atoms with Gasteiger partial charge in [0.2, 0.25) is 5.91 Å². The molecule has 1 aromatic rings. The van der Waals surface area contributed by atoms with E-state index in [9.17, 15) is 4.79 Å². The van der Waals surface area contributed by atoms with Gasteiger partial charge in [-0.1, -0.05) is 42.5 Å². The Morgan fingerprint density at radius 3 is 2.86 bits per heavy atom. The Bertz CT molecular complexity index is 522. The summed E-state index contributed by atoms with van der Waals surface area (Å²) >= 11 is 0. The number of rotatable bonds is 5. The van der Waals surface area contributed by atoms with E-state index in [2.05, 4.69) is 29.6 Å². The van der Waals surface area contributed by atoms with Crippen molar-refractivity contribution in [3.8, 4) is 0 Å². The topological polar surface area (TPSA) is 50.9 Å². The van der Waals surface area contributed by atoms with E-state index < -0.39 is 0 Å². The molecule has 1 unspecified atom stereocenters. The Morgan fingerprint density at radius 2 is 2.19 bits per heavy atom.